The molecule has 7 nitrogen and oxygen atoms in total. The summed E-state index contributed by atoms with van der Waals surface area (Å²) in [6.07, 6.45) is 3.01. The second kappa shape index (κ2) is 10.8. The highest BCUT2D eigenvalue weighted by atomic mass is 16.5. The summed E-state index contributed by atoms with van der Waals surface area (Å²) in [7, 11) is 3.03. The Morgan fingerprint density at radius 3 is 2.44 bits per heavy atom. The van der Waals surface area contributed by atoms with Gasteiger partial charge in [0.05, 0.1) is 26.4 Å². The van der Waals surface area contributed by atoms with Crippen molar-refractivity contribution in [2.45, 2.75) is 13.8 Å². The van der Waals surface area contributed by atoms with Gasteiger partial charge in [0.15, 0.2) is 5.78 Å². The van der Waals surface area contributed by atoms with Crippen molar-refractivity contribution < 1.29 is 33.0 Å². The van der Waals surface area contributed by atoms with Crippen LogP contribution in [-0.2, 0) is 0 Å². The maximum Gasteiger partial charge on any atom is 0.347 e. The zero-order valence-electron chi connectivity index (χ0n) is 20.5. The van der Waals surface area contributed by atoms with Crippen LogP contribution >= 0.6 is 0 Å². The maximum absolute atomic E-state index is 13.2. The number of benzene rings is 3. The standard InChI is InChI=1S/C29H26O7/c1-5-34-21-12-15-26-23(16-21)28(18(2)35-26)29(31)36-25-9-7-6-8-19(25)10-14-24(30)22-13-11-20(32-3)17-27(22)33-4/h6-17H,5H2,1-4H3/b14-10+. The fourth-order valence-electron chi connectivity index (χ4n) is 3.83. The molecule has 4 rings (SSSR count). The lowest BCUT2D eigenvalue weighted by molar-refractivity contribution is 0.0734. The zero-order valence-corrected chi connectivity index (χ0v) is 20.5. The van der Waals surface area contributed by atoms with E-state index in [1.807, 2.05) is 6.92 Å². The van der Waals surface area contributed by atoms with Crippen LogP contribution in [0.5, 0.6) is 23.0 Å². The fourth-order valence-corrected chi connectivity index (χ4v) is 3.83. The summed E-state index contributed by atoms with van der Waals surface area (Å²) in [6, 6.07) is 17.3. The van der Waals surface area contributed by atoms with Crippen LogP contribution in [0.3, 0.4) is 0 Å². The number of hydrogen-bond acceptors (Lipinski definition) is 7. The number of carbonyl (C=O) groups excluding carboxylic acids is 2. The number of furan rings is 1. The van der Waals surface area contributed by atoms with Gasteiger partial charge in [-0.1, -0.05) is 18.2 Å². The largest absolute Gasteiger partial charge is 0.497 e. The van der Waals surface area contributed by atoms with Crippen LogP contribution in [0.2, 0.25) is 0 Å². The van der Waals surface area contributed by atoms with E-state index in [0.29, 0.717) is 63.0 Å². The van der Waals surface area contributed by atoms with E-state index in [9.17, 15) is 9.59 Å². The Bertz CT molecular complexity index is 1450. The number of carbonyl (C=O) groups is 2. The highest BCUT2D eigenvalue weighted by Crippen LogP contribution is 2.31. The van der Waals surface area contributed by atoms with Crippen LogP contribution in [0.4, 0.5) is 0 Å². The summed E-state index contributed by atoms with van der Waals surface area (Å²) in [5.41, 5.74) is 1.83. The minimum absolute atomic E-state index is 0.268. The van der Waals surface area contributed by atoms with E-state index in [-0.39, 0.29) is 5.78 Å². The second-order valence-corrected chi connectivity index (χ2v) is 7.82. The Hall–Kier alpha value is -4.52. The summed E-state index contributed by atoms with van der Waals surface area (Å²) in [5, 5.41) is 0.609. The van der Waals surface area contributed by atoms with Crippen molar-refractivity contribution in [2.24, 2.45) is 0 Å². The number of fused-ring (bicyclic) bond motifs is 1. The summed E-state index contributed by atoms with van der Waals surface area (Å²) >= 11 is 0. The Balaban J connectivity index is 1.60. The van der Waals surface area contributed by atoms with E-state index < -0.39 is 5.97 Å². The SMILES string of the molecule is CCOc1ccc2oc(C)c(C(=O)Oc3ccccc3/C=C/C(=O)c3ccc(OC)cc3OC)c2c1. The van der Waals surface area contributed by atoms with Gasteiger partial charge in [0.1, 0.15) is 39.9 Å². The van der Waals surface area contributed by atoms with E-state index >= 15 is 0 Å². The normalized spacial score (nSPS) is 11.0. The van der Waals surface area contributed by atoms with Crippen LogP contribution in [0.15, 0.2) is 71.2 Å². The Morgan fingerprint density at radius 1 is 0.917 bits per heavy atom. The molecule has 0 radical (unpaired) electrons. The molecule has 3 aromatic carbocycles. The van der Waals surface area contributed by atoms with Crippen molar-refractivity contribution in [2.75, 3.05) is 20.8 Å². The summed E-state index contributed by atoms with van der Waals surface area (Å²) < 4.78 is 27.6. The van der Waals surface area contributed by atoms with Crippen molar-refractivity contribution in [3.05, 3.63) is 89.2 Å². The van der Waals surface area contributed by atoms with Gasteiger partial charge in [-0.05, 0) is 62.4 Å². The first kappa shape index (κ1) is 24.6. The number of rotatable bonds is 9. The molecule has 36 heavy (non-hydrogen) atoms. The van der Waals surface area contributed by atoms with Crippen molar-refractivity contribution in [3.63, 3.8) is 0 Å². The van der Waals surface area contributed by atoms with E-state index in [1.54, 1.807) is 80.8 Å². The fraction of sp³-hybridized carbons (Fsp3) is 0.172. The van der Waals surface area contributed by atoms with Crippen LogP contribution in [0, 0.1) is 6.92 Å². The first-order valence-electron chi connectivity index (χ1n) is 11.4. The van der Waals surface area contributed by atoms with Gasteiger partial charge < -0.3 is 23.4 Å². The van der Waals surface area contributed by atoms with Gasteiger partial charge in [0, 0.05) is 17.0 Å². The number of ketones is 1. The Morgan fingerprint density at radius 2 is 1.69 bits per heavy atom. The first-order chi connectivity index (χ1) is 17.4. The number of aryl methyl sites for hydroxylation is 1. The molecule has 0 saturated carbocycles. The molecule has 0 unspecified atom stereocenters. The third kappa shape index (κ3) is 5.10. The van der Waals surface area contributed by atoms with E-state index in [0.717, 1.165) is 0 Å². The highest BCUT2D eigenvalue weighted by Gasteiger charge is 2.21. The molecule has 0 amide bonds. The van der Waals surface area contributed by atoms with Crippen molar-refractivity contribution in [1.29, 1.82) is 0 Å². The first-order valence-corrected chi connectivity index (χ1v) is 11.4. The third-order valence-corrected chi connectivity index (χ3v) is 5.56. The molecule has 7 heteroatoms. The van der Waals surface area contributed by atoms with Gasteiger partial charge in [-0.25, -0.2) is 4.79 Å². The molecule has 0 saturated heterocycles. The molecular weight excluding hydrogens is 460 g/mol. The van der Waals surface area contributed by atoms with Gasteiger partial charge in [-0.15, -0.1) is 0 Å². The minimum atomic E-state index is -0.566. The predicted molar refractivity (Wildman–Crippen MR) is 136 cm³/mol. The molecule has 0 fully saturated rings. The van der Waals surface area contributed by atoms with E-state index in [2.05, 4.69) is 0 Å². The molecule has 4 aromatic rings. The average molecular weight is 487 g/mol. The van der Waals surface area contributed by atoms with Gasteiger partial charge in [-0.3, -0.25) is 4.79 Å². The van der Waals surface area contributed by atoms with Crippen LogP contribution in [0.1, 0.15) is 39.0 Å². The molecule has 0 aliphatic heterocycles. The smallest absolute Gasteiger partial charge is 0.347 e. The molecule has 0 atom stereocenters. The summed E-state index contributed by atoms with van der Waals surface area (Å²) in [4.78, 5) is 26.0. The topological polar surface area (TPSA) is 84.2 Å². The summed E-state index contributed by atoms with van der Waals surface area (Å²) in [6.45, 7) is 4.10. The van der Waals surface area contributed by atoms with Gasteiger partial charge in [-0.2, -0.15) is 0 Å². The number of hydrogen-bond donors (Lipinski definition) is 0. The second-order valence-electron chi connectivity index (χ2n) is 7.82. The lowest BCUT2D eigenvalue weighted by Gasteiger charge is -2.09. The van der Waals surface area contributed by atoms with E-state index in [1.165, 1.54) is 13.2 Å². The number of allylic oxidation sites excluding steroid dienone is 1. The number of esters is 1. The van der Waals surface area contributed by atoms with Gasteiger partial charge >= 0.3 is 5.97 Å². The Labute approximate surface area is 208 Å². The molecular formula is C29H26O7. The monoisotopic (exact) mass is 486 g/mol. The van der Waals surface area contributed by atoms with Crippen LogP contribution < -0.4 is 18.9 Å². The van der Waals surface area contributed by atoms with Crippen molar-refractivity contribution in [3.8, 4) is 23.0 Å². The molecule has 1 heterocycles. The maximum atomic E-state index is 13.2. The molecule has 184 valence electrons. The van der Waals surface area contributed by atoms with E-state index in [4.69, 9.17) is 23.4 Å². The number of ether oxygens (including phenoxy) is 4. The van der Waals surface area contributed by atoms with Crippen molar-refractivity contribution in [1.82, 2.24) is 0 Å². The quantitative estimate of drug-likeness (QED) is 0.119. The third-order valence-electron chi connectivity index (χ3n) is 5.56. The van der Waals surface area contributed by atoms with Gasteiger partial charge in [0.25, 0.3) is 0 Å². The highest BCUT2D eigenvalue weighted by molar-refractivity contribution is 6.09. The van der Waals surface area contributed by atoms with Crippen molar-refractivity contribution >= 4 is 28.8 Å². The lowest BCUT2D eigenvalue weighted by atomic mass is 10.1. The molecule has 0 spiro atoms. The number of methoxy groups -OCH3 is 2. The van der Waals surface area contributed by atoms with Crippen LogP contribution in [0.25, 0.3) is 17.0 Å². The molecule has 0 aliphatic carbocycles. The molecule has 0 bridgehead atoms. The average Bonchev–Trinajstić information content (AvgIpc) is 3.22. The lowest BCUT2D eigenvalue weighted by Crippen LogP contribution is -2.10. The molecule has 1 aromatic heterocycles. The Kier molecular flexibility index (Phi) is 7.39. The zero-order chi connectivity index (χ0) is 25.7. The van der Waals surface area contributed by atoms with Crippen LogP contribution in [-0.4, -0.2) is 32.6 Å². The molecule has 0 aliphatic rings. The molecule has 0 N–H and O–H groups in total. The minimum Gasteiger partial charge on any atom is -0.497 e. The van der Waals surface area contributed by atoms with Gasteiger partial charge in [0.2, 0.25) is 0 Å². The summed E-state index contributed by atoms with van der Waals surface area (Å²) in [5.74, 6) is 1.54. The number of para-hydroxylation sites is 1. The predicted octanol–water partition coefficient (Wildman–Crippen LogP) is 6.27.